The molecule has 0 atom stereocenters. The van der Waals surface area contributed by atoms with Crippen LogP contribution in [0.5, 0.6) is 0 Å². The monoisotopic (exact) mass is 293 g/mol. The molecule has 0 saturated carbocycles. The van der Waals surface area contributed by atoms with Crippen molar-refractivity contribution in [3.63, 3.8) is 0 Å². The number of carbonyl (C=O) groups excluding carboxylic acids is 1. The van der Waals surface area contributed by atoms with Gasteiger partial charge in [-0.15, -0.1) is 0 Å². The Morgan fingerprint density at radius 1 is 1.00 bits per heavy atom. The molecule has 0 fully saturated rings. The van der Waals surface area contributed by atoms with Gasteiger partial charge < -0.3 is 15.1 Å². The summed E-state index contributed by atoms with van der Waals surface area (Å²) < 4.78 is 0. The zero-order chi connectivity index (χ0) is 15.8. The molecule has 0 unspecified atom stereocenters. The Kier molecular flexibility index (Phi) is 6.39. The number of carbonyl (C=O) groups is 3. The zero-order valence-electron chi connectivity index (χ0n) is 11.9. The third kappa shape index (κ3) is 5.64. The van der Waals surface area contributed by atoms with Gasteiger partial charge in [-0.05, 0) is 25.0 Å². The molecule has 0 aliphatic carbocycles. The van der Waals surface area contributed by atoms with Crippen LogP contribution in [0.2, 0.25) is 0 Å². The molecule has 2 N–H and O–H groups in total. The third-order valence-electron chi connectivity index (χ3n) is 3.08. The van der Waals surface area contributed by atoms with E-state index in [0.29, 0.717) is 12.0 Å². The molecule has 6 heteroatoms. The van der Waals surface area contributed by atoms with Crippen molar-refractivity contribution in [3.05, 3.63) is 35.4 Å². The van der Waals surface area contributed by atoms with E-state index in [1.54, 1.807) is 25.1 Å². The van der Waals surface area contributed by atoms with Gasteiger partial charge in [0.2, 0.25) is 0 Å². The summed E-state index contributed by atoms with van der Waals surface area (Å²) in [4.78, 5) is 35.1. The van der Waals surface area contributed by atoms with Gasteiger partial charge in [0.25, 0.3) is 5.91 Å². The van der Waals surface area contributed by atoms with Crippen LogP contribution in [0.1, 0.15) is 35.2 Å². The topological polar surface area (TPSA) is 94.9 Å². The Morgan fingerprint density at radius 2 is 1.62 bits per heavy atom. The van der Waals surface area contributed by atoms with Crippen molar-refractivity contribution in [2.45, 2.75) is 26.2 Å². The second kappa shape index (κ2) is 8.04. The summed E-state index contributed by atoms with van der Waals surface area (Å²) in [6.07, 6.45) is 0.0852. The van der Waals surface area contributed by atoms with Crippen LogP contribution in [0, 0.1) is 6.92 Å². The van der Waals surface area contributed by atoms with Crippen molar-refractivity contribution in [1.29, 1.82) is 0 Å². The minimum absolute atomic E-state index is 0.0510. The van der Waals surface area contributed by atoms with Gasteiger partial charge in [-0.1, -0.05) is 18.2 Å². The zero-order valence-corrected chi connectivity index (χ0v) is 11.9. The van der Waals surface area contributed by atoms with Gasteiger partial charge in [-0.25, -0.2) is 0 Å². The molecule has 0 aliphatic heterocycles. The van der Waals surface area contributed by atoms with Crippen LogP contribution in [0.4, 0.5) is 0 Å². The van der Waals surface area contributed by atoms with E-state index < -0.39 is 11.9 Å². The number of nitrogens with zero attached hydrogens (tertiary/aromatic N) is 1. The first-order chi connectivity index (χ1) is 9.91. The molecule has 0 spiro atoms. The number of benzene rings is 1. The van der Waals surface area contributed by atoms with Crippen LogP contribution in [-0.4, -0.2) is 46.0 Å². The fourth-order valence-electron chi connectivity index (χ4n) is 1.95. The lowest BCUT2D eigenvalue weighted by atomic mass is 10.1. The van der Waals surface area contributed by atoms with Gasteiger partial charge >= 0.3 is 11.9 Å². The van der Waals surface area contributed by atoms with Gasteiger partial charge in [-0.3, -0.25) is 14.4 Å². The quantitative estimate of drug-likeness (QED) is 0.761. The molecule has 1 aromatic carbocycles. The predicted molar refractivity (Wildman–Crippen MR) is 76.2 cm³/mol. The van der Waals surface area contributed by atoms with Crippen molar-refractivity contribution in [3.8, 4) is 0 Å². The Balaban J connectivity index is 2.78. The second-order valence-corrected chi connectivity index (χ2v) is 4.75. The molecule has 21 heavy (non-hydrogen) atoms. The van der Waals surface area contributed by atoms with Crippen molar-refractivity contribution in [2.75, 3.05) is 13.1 Å². The van der Waals surface area contributed by atoms with E-state index in [9.17, 15) is 14.4 Å². The third-order valence-corrected chi connectivity index (χ3v) is 3.08. The van der Waals surface area contributed by atoms with E-state index in [4.69, 9.17) is 10.2 Å². The first kappa shape index (κ1) is 16.7. The molecule has 1 amide bonds. The summed E-state index contributed by atoms with van der Waals surface area (Å²) in [5.41, 5.74) is 1.32. The largest absolute Gasteiger partial charge is 0.481 e. The highest BCUT2D eigenvalue weighted by molar-refractivity contribution is 5.95. The molecule has 1 rings (SSSR count). The first-order valence-corrected chi connectivity index (χ1v) is 6.70. The summed E-state index contributed by atoms with van der Waals surface area (Å²) in [5, 5.41) is 17.4. The SMILES string of the molecule is Cc1ccccc1C(=O)N(CCCC(=O)O)CCC(=O)O. The van der Waals surface area contributed by atoms with Crippen LogP contribution in [0.15, 0.2) is 24.3 Å². The Bertz CT molecular complexity index is 527. The maximum absolute atomic E-state index is 12.4. The van der Waals surface area contributed by atoms with E-state index >= 15 is 0 Å². The number of aryl methyl sites for hydroxylation is 1. The molecule has 0 aromatic heterocycles. The molecule has 0 aliphatic rings. The molecule has 6 nitrogen and oxygen atoms in total. The van der Waals surface area contributed by atoms with E-state index in [0.717, 1.165) is 5.56 Å². The van der Waals surface area contributed by atoms with E-state index in [-0.39, 0.29) is 31.8 Å². The summed E-state index contributed by atoms with van der Waals surface area (Å²) in [6, 6.07) is 7.05. The summed E-state index contributed by atoms with van der Waals surface area (Å²) >= 11 is 0. The standard InChI is InChI=1S/C15H19NO5/c1-11-5-2-3-6-12(11)15(21)16(10-8-14(19)20)9-4-7-13(17)18/h2-3,5-6H,4,7-10H2,1H3,(H,17,18)(H,19,20). The lowest BCUT2D eigenvalue weighted by molar-refractivity contribution is -0.138. The minimum Gasteiger partial charge on any atom is -0.481 e. The molecular formula is C15H19NO5. The van der Waals surface area contributed by atoms with Crippen LogP contribution >= 0.6 is 0 Å². The smallest absolute Gasteiger partial charge is 0.305 e. The average molecular weight is 293 g/mol. The number of rotatable bonds is 8. The second-order valence-electron chi connectivity index (χ2n) is 4.75. The molecular weight excluding hydrogens is 274 g/mol. The highest BCUT2D eigenvalue weighted by Gasteiger charge is 2.18. The van der Waals surface area contributed by atoms with E-state index in [1.807, 2.05) is 6.07 Å². The molecule has 114 valence electrons. The highest BCUT2D eigenvalue weighted by atomic mass is 16.4. The van der Waals surface area contributed by atoms with Crippen LogP contribution in [-0.2, 0) is 9.59 Å². The van der Waals surface area contributed by atoms with Crippen molar-refractivity contribution >= 4 is 17.8 Å². The number of carboxylic acids is 2. The molecule has 0 saturated heterocycles. The number of hydrogen-bond donors (Lipinski definition) is 2. The lowest BCUT2D eigenvalue weighted by Gasteiger charge is -2.22. The maximum atomic E-state index is 12.4. The van der Waals surface area contributed by atoms with E-state index in [2.05, 4.69) is 0 Å². The Morgan fingerprint density at radius 3 is 2.19 bits per heavy atom. The Hall–Kier alpha value is -2.37. The fourth-order valence-corrected chi connectivity index (χ4v) is 1.95. The number of aliphatic carboxylic acids is 2. The van der Waals surface area contributed by atoms with Gasteiger partial charge in [0.1, 0.15) is 0 Å². The minimum atomic E-state index is -0.990. The number of carboxylic acid groups (broad SMARTS) is 2. The number of amides is 1. The predicted octanol–water partition coefficient (Wildman–Crippen LogP) is 1.78. The average Bonchev–Trinajstić information content (AvgIpc) is 2.41. The highest BCUT2D eigenvalue weighted by Crippen LogP contribution is 2.12. The van der Waals surface area contributed by atoms with Gasteiger partial charge in [0.05, 0.1) is 6.42 Å². The molecule has 1 aromatic rings. The molecule has 0 bridgehead atoms. The summed E-state index contributed by atoms with van der Waals surface area (Å²) in [7, 11) is 0. The van der Waals surface area contributed by atoms with Gasteiger partial charge in [-0.2, -0.15) is 0 Å². The Labute approximate surface area is 123 Å². The van der Waals surface area contributed by atoms with E-state index in [1.165, 1.54) is 4.90 Å². The summed E-state index contributed by atoms with van der Waals surface area (Å²) in [5.74, 6) is -2.19. The molecule has 0 heterocycles. The maximum Gasteiger partial charge on any atom is 0.305 e. The summed E-state index contributed by atoms with van der Waals surface area (Å²) in [6.45, 7) is 2.11. The van der Waals surface area contributed by atoms with Crippen molar-refractivity contribution in [1.82, 2.24) is 4.90 Å². The fraction of sp³-hybridized carbons (Fsp3) is 0.400. The van der Waals surface area contributed by atoms with Gasteiger partial charge in [0.15, 0.2) is 0 Å². The van der Waals surface area contributed by atoms with Crippen molar-refractivity contribution in [2.24, 2.45) is 0 Å². The van der Waals surface area contributed by atoms with Crippen LogP contribution < -0.4 is 0 Å². The van der Waals surface area contributed by atoms with Gasteiger partial charge in [0, 0.05) is 25.1 Å². The normalized spacial score (nSPS) is 10.1. The van der Waals surface area contributed by atoms with Crippen LogP contribution in [0.3, 0.4) is 0 Å². The van der Waals surface area contributed by atoms with Crippen molar-refractivity contribution < 1.29 is 24.6 Å². The van der Waals surface area contributed by atoms with Crippen LogP contribution in [0.25, 0.3) is 0 Å². The number of hydrogen-bond acceptors (Lipinski definition) is 3. The first-order valence-electron chi connectivity index (χ1n) is 6.70. The molecule has 0 radical (unpaired) electrons. The lowest BCUT2D eigenvalue weighted by Crippen LogP contribution is -2.34.